The van der Waals surface area contributed by atoms with Crippen LogP contribution in [0.25, 0.3) is 10.2 Å². The number of thiophene rings is 1. The van der Waals surface area contributed by atoms with Gasteiger partial charge in [0.15, 0.2) is 0 Å². The first-order valence-corrected chi connectivity index (χ1v) is 14.8. The normalized spacial score (nSPS) is 21.7. The molecular weight excluding hydrogens is 544 g/mol. The maximum atomic E-state index is 13.1. The largest absolute Gasteiger partial charge is 0.444 e. The van der Waals surface area contributed by atoms with Crippen molar-refractivity contribution < 1.29 is 23.8 Å². The molecule has 4 N–H and O–H groups in total. The Bertz CT molecular complexity index is 1490. The fraction of sp³-hybridized carbons (Fsp3) is 0.517. The summed E-state index contributed by atoms with van der Waals surface area (Å²) in [5.74, 6) is -0.297. The molecule has 0 radical (unpaired) electrons. The standard InChI is InChI=1S/C29H36N6O5S/c1-16-11-20-24(31-13-16)23(30)25(41-20)26(36)32-18-6-7-19-17(12-18)5-8-22(33-19)35-14-21(29(15-35)38-9-10-39-29)34-27(37)40-28(2,3)4/h5,8,11,13,18,21H,6-7,9-10,12,14-15,30H2,1-4H3,(H,32,36)(H,34,37)/t18-,21?/m0/s1. The zero-order valence-electron chi connectivity index (χ0n) is 23.8. The number of rotatable bonds is 4. The zero-order chi connectivity index (χ0) is 28.9. The number of nitrogens with one attached hydrogen (secondary N) is 2. The minimum absolute atomic E-state index is 0.0142. The summed E-state index contributed by atoms with van der Waals surface area (Å²) in [6.45, 7) is 9.32. The van der Waals surface area contributed by atoms with E-state index in [0.717, 1.165) is 40.2 Å². The molecule has 2 aliphatic heterocycles. The summed E-state index contributed by atoms with van der Waals surface area (Å²) in [6.07, 6.45) is 3.46. The summed E-state index contributed by atoms with van der Waals surface area (Å²) < 4.78 is 18.4. The minimum atomic E-state index is -0.938. The summed E-state index contributed by atoms with van der Waals surface area (Å²) in [5.41, 5.74) is 9.94. The summed E-state index contributed by atoms with van der Waals surface area (Å²) >= 11 is 1.38. The Balaban J connectivity index is 1.13. The quantitative estimate of drug-likeness (QED) is 0.424. The van der Waals surface area contributed by atoms with E-state index in [1.165, 1.54) is 11.3 Å². The number of hydrogen-bond acceptors (Lipinski definition) is 10. The monoisotopic (exact) mass is 580 g/mol. The number of nitrogens with two attached hydrogens (primary N) is 1. The van der Waals surface area contributed by atoms with Crippen LogP contribution in [0.1, 0.15) is 53.7 Å². The molecule has 0 aromatic carbocycles. The summed E-state index contributed by atoms with van der Waals surface area (Å²) in [5, 5.41) is 6.13. The van der Waals surface area contributed by atoms with E-state index in [1.54, 1.807) is 6.20 Å². The first-order valence-electron chi connectivity index (χ1n) is 14.0. The van der Waals surface area contributed by atoms with Gasteiger partial charge in [-0.3, -0.25) is 9.78 Å². The minimum Gasteiger partial charge on any atom is -0.444 e. The number of anilines is 2. The SMILES string of the molecule is Cc1cnc2c(N)c(C(=O)N[C@H]3CCc4nc(N5CC(NC(=O)OC(C)(C)C)C6(C5)OCCO6)ccc4C3)sc2c1. The van der Waals surface area contributed by atoms with Crippen molar-refractivity contribution in [1.29, 1.82) is 0 Å². The number of carbonyl (C=O) groups is 2. The lowest BCUT2D eigenvalue weighted by Gasteiger charge is -2.29. The van der Waals surface area contributed by atoms with Gasteiger partial charge >= 0.3 is 6.09 Å². The molecule has 0 saturated carbocycles. The molecule has 1 aliphatic carbocycles. The molecule has 41 heavy (non-hydrogen) atoms. The fourth-order valence-electron chi connectivity index (χ4n) is 5.76. The number of aryl methyl sites for hydroxylation is 2. The van der Waals surface area contributed by atoms with E-state index < -0.39 is 23.5 Å². The van der Waals surface area contributed by atoms with Crippen molar-refractivity contribution in [2.24, 2.45) is 0 Å². The highest BCUT2D eigenvalue weighted by molar-refractivity contribution is 7.21. The van der Waals surface area contributed by atoms with Crippen molar-refractivity contribution in [2.75, 3.05) is 36.9 Å². The maximum absolute atomic E-state index is 13.1. The van der Waals surface area contributed by atoms with Gasteiger partial charge in [0.05, 0.1) is 30.1 Å². The Morgan fingerprint density at radius 3 is 2.76 bits per heavy atom. The number of carbonyl (C=O) groups excluding carboxylic acids is 2. The van der Waals surface area contributed by atoms with Crippen LogP contribution in [0.15, 0.2) is 24.4 Å². The lowest BCUT2D eigenvalue weighted by atomic mass is 9.91. The van der Waals surface area contributed by atoms with Crippen LogP contribution in [-0.2, 0) is 27.1 Å². The average molecular weight is 581 g/mol. The molecule has 0 bridgehead atoms. The average Bonchev–Trinajstić information content (AvgIpc) is 3.61. The van der Waals surface area contributed by atoms with Gasteiger partial charge in [0.2, 0.25) is 5.79 Å². The van der Waals surface area contributed by atoms with Gasteiger partial charge in [-0.25, -0.2) is 9.78 Å². The van der Waals surface area contributed by atoms with E-state index in [0.29, 0.717) is 48.8 Å². The Hall–Kier alpha value is -3.48. The third-order valence-corrected chi connectivity index (χ3v) is 8.77. The van der Waals surface area contributed by atoms with Gasteiger partial charge in [0.25, 0.3) is 5.91 Å². The highest BCUT2D eigenvalue weighted by Gasteiger charge is 2.53. The maximum Gasteiger partial charge on any atom is 0.408 e. The molecule has 218 valence electrons. The van der Waals surface area contributed by atoms with Crippen LogP contribution < -0.4 is 21.3 Å². The molecule has 2 atom stereocenters. The van der Waals surface area contributed by atoms with Gasteiger partial charge in [0.1, 0.15) is 27.9 Å². The van der Waals surface area contributed by atoms with E-state index in [1.807, 2.05) is 39.8 Å². The van der Waals surface area contributed by atoms with Crippen LogP contribution in [0.3, 0.4) is 0 Å². The van der Waals surface area contributed by atoms with Crippen LogP contribution in [0.4, 0.5) is 16.3 Å². The lowest BCUT2D eigenvalue weighted by molar-refractivity contribution is -0.153. The number of fused-ring (bicyclic) bond motifs is 2. The van der Waals surface area contributed by atoms with Gasteiger partial charge in [-0.15, -0.1) is 11.3 Å². The van der Waals surface area contributed by atoms with E-state index >= 15 is 0 Å². The van der Waals surface area contributed by atoms with Crippen molar-refractivity contribution in [3.05, 3.63) is 46.1 Å². The molecule has 1 unspecified atom stereocenters. The van der Waals surface area contributed by atoms with Crippen LogP contribution >= 0.6 is 11.3 Å². The number of amides is 2. The Morgan fingerprint density at radius 1 is 1.22 bits per heavy atom. The molecule has 6 rings (SSSR count). The molecule has 1 spiro atoms. The van der Waals surface area contributed by atoms with Crippen LogP contribution in [-0.4, -0.2) is 71.7 Å². The van der Waals surface area contributed by atoms with E-state index in [4.69, 9.17) is 24.9 Å². The van der Waals surface area contributed by atoms with Crippen LogP contribution in [0.2, 0.25) is 0 Å². The second kappa shape index (κ2) is 10.4. The topological polar surface area (TPSA) is 141 Å². The molecule has 3 aromatic rings. The van der Waals surface area contributed by atoms with E-state index in [2.05, 4.69) is 26.6 Å². The fourth-order valence-corrected chi connectivity index (χ4v) is 6.84. The predicted molar refractivity (Wildman–Crippen MR) is 156 cm³/mol. The molecule has 3 aromatic heterocycles. The molecule has 5 heterocycles. The van der Waals surface area contributed by atoms with Crippen LogP contribution in [0.5, 0.6) is 0 Å². The summed E-state index contributed by atoms with van der Waals surface area (Å²) in [4.78, 5) is 37.7. The number of ether oxygens (including phenoxy) is 3. The van der Waals surface area contributed by atoms with Crippen molar-refractivity contribution in [2.45, 2.75) is 70.4 Å². The number of aromatic nitrogens is 2. The lowest BCUT2D eigenvalue weighted by Crippen LogP contribution is -2.53. The zero-order valence-corrected chi connectivity index (χ0v) is 24.6. The third kappa shape index (κ3) is 5.55. The van der Waals surface area contributed by atoms with Crippen molar-refractivity contribution in [1.82, 2.24) is 20.6 Å². The van der Waals surface area contributed by atoms with Gasteiger partial charge in [-0.05, 0) is 70.2 Å². The van der Waals surface area contributed by atoms with E-state index in [9.17, 15) is 9.59 Å². The summed E-state index contributed by atoms with van der Waals surface area (Å²) in [7, 11) is 0. The Labute approximate surface area is 242 Å². The highest BCUT2D eigenvalue weighted by atomic mass is 32.1. The van der Waals surface area contributed by atoms with Gasteiger partial charge < -0.3 is 35.5 Å². The molecule has 2 amide bonds. The number of hydrogen-bond donors (Lipinski definition) is 3. The van der Waals surface area contributed by atoms with Crippen molar-refractivity contribution >= 4 is 45.1 Å². The van der Waals surface area contributed by atoms with Crippen molar-refractivity contribution in [3.63, 3.8) is 0 Å². The molecule has 12 heteroatoms. The number of nitrogen functional groups attached to an aromatic ring is 1. The number of pyridine rings is 2. The Kier molecular flexibility index (Phi) is 7.03. The summed E-state index contributed by atoms with van der Waals surface area (Å²) in [6, 6.07) is 5.65. The van der Waals surface area contributed by atoms with Gasteiger partial charge in [-0.1, -0.05) is 6.07 Å². The Morgan fingerprint density at radius 2 is 2.00 bits per heavy atom. The predicted octanol–water partition coefficient (Wildman–Crippen LogP) is 3.33. The molecular formula is C29H36N6O5S. The third-order valence-electron chi connectivity index (χ3n) is 7.63. The molecule has 11 nitrogen and oxygen atoms in total. The van der Waals surface area contributed by atoms with Gasteiger partial charge in [0, 0.05) is 24.5 Å². The van der Waals surface area contributed by atoms with Crippen LogP contribution in [0, 0.1) is 6.92 Å². The number of nitrogens with zero attached hydrogens (tertiary/aromatic N) is 3. The second-order valence-electron chi connectivity index (χ2n) is 12.0. The second-order valence-corrected chi connectivity index (χ2v) is 13.0. The first-order chi connectivity index (χ1) is 19.5. The molecule has 3 aliphatic rings. The van der Waals surface area contributed by atoms with Crippen molar-refractivity contribution in [3.8, 4) is 0 Å². The van der Waals surface area contributed by atoms with Gasteiger partial charge in [-0.2, -0.15) is 0 Å². The number of alkyl carbamates (subject to hydrolysis) is 1. The smallest absolute Gasteiger partial charge is 0.408 e. The van der Waals surface area contributed by atoms with E-state index in [-0.39, 0.29) is 11.9 Å². The highest BCUT2D eigenvalue weighted by Crippen LogP contribution is 2.35. The molecule has 2 fully saturated rings. The first kappa shape index (κ1) is 27.7. The molecule has 2 saturated heterocycles.